The second-order valence-corrected chi connectivity index (χ2v) is 7.16. The molecule has 0 aliphatic carbocycles. The number of nitrogens with zero attached hydrogens (tertiary/aromatic N) is 2. The van der Waals surface area contributed by atoms with Crippen molar-refractivity contribution in [1.82, 2.24) is 10.2 Å². The van der Waals surface area contributed by atoms with Gasteiger partial charge in [0.1, 0.15) is 13.0 Å². The number of imide groups is 1. The average molecular weight is 455 g/mol. The van der Waals surface area contributed by atoms with Crippen LogP contribution < -0.4 is 10.6 Å². The van der Waals surface area contributed by atoms with Gasteiger partial charge in [-0.2, -0.15) is 5.26 Å². The molecule has 8 nitrogen and oxygen atoms in total. The molecule has 2 aromatic carbocycles. The summed E-state index contributed by atoms with van der Waals surface area (Å²) in [4.78, 5) is 49.3. The van der Waals surface area contributed by atoms with E-state index in [1.54, 1.807) is 48.5 Å². The Kier molecular flexibility index (Phi) is 6.04. The van der Waals surface area contributed by atoms with Crippen LogP contribution in [0.5, 0.6) is 0 Å². The molecule has 0 atom stereocenters. The number of hydrogen-bond acceptors (Lipinski definition) is 5. The van der Waals surface area contributed by atoms with E-state index in [4.69, 9.17) is 5.26 Å². The van der Waals surface area contributed by atoms with Crippen molar-refractivity contribution in [2.24, 2.45) is 0 Å². The summed E-state index contributed by atoms with van der Waals surface area (Å²) in [6, 6.07) is 13.2. The van der Waals surface area contributed by atoms with Gasteiger partial charge < -0.3 is 10.6 Å². The Hall–Kier alpha value is -3.51. The maximum Gasteiger partial charge on any atom is 0.262 e. The quantitative estimate of drug-likeness (QED) is 0.648. The molecule has 1 heterocycles. The number of halogens is 1. The third-order valence-corrected chi connectivity index (χ3v) is 4.69. The molecule has 0 radical (unpaired) electrons. The third-order valence-electron chi connectivity index (χ3n) is 4.20. The van der Waals surface area contributed by atoms with Crippen LogP contribution in [0.25, 0.3) is 0 Å². The first-order valence-electron chi connectivity index (χ1n) is 8.57. The lowest BCUT2D eigenvalue weighted by atomic mass is 10.1. The van der Waals surface area contributed by atoms with E-state index < -0.39 is 24.3 Å². The first kappa shape index (κ1) is 20.2. The average Bonchev–Trinajstić information content (AvgIpc) is 2.92. The van der Waals surface area contributed by atoms with Crippen LogP contribution in [-0.4, -0.2) is 35.1 Å². The lowest BCUT2D eigenvalue weighted by molar-refractivity contribution is -0.120. The monoisotopic (exact) mass is 454 g/mol. The van der Waals surface area contributed by atoms with Crippen LogP contribution >= 0.6 is 15.9 Å². The number of amides is 4. The standard InChI is InChI=1S/C20H15BrN4O4/c21-13-3-6-15-16(9-13)20(29)25(19(15)28)11-18(27)24-14-4-1-12(2-5-14)10-23-17(26)7-8-22/h1-6,9H,7,10-11H2,(H,23,26)(H,24,27). The predicted molar refractivity (Wildman–Crippen MR) is 107 cm³/mol. The van der Waals surface area contributed by atoms with Crippen LogP contribution in [0, 0.1) is 11.3 Å². The first-order chi connectivity index (χ1) is 13.9. The molecule has 4 amide bonds. The summed E-state index contributed by atoms with van der Waals surface area (Å²) in [6.45, 7) is -0.130. The summed E-state index contributed by atoms with van der Waals surface area (Å²) in [7, 11) is 0. The summed E-state index contributed by atoms with van der Waals surface area (Å²) in [5.74, 6) is -1.88. The van der Waals surface area contributed by atoms with Crippen molar-refractivity contribution in [2.45, 2.75) is 13.0 Å². The number of nitrogens with one attached hydrogen (secondary N) is 2. The minimum Gasteiger partial charge on any atom is -0.351 e. The van der Waals surface area contributed by atoms with E-state index in [9.17, 15) is 19.2 Å². The van der Waals surface area contributed by atoms with Crippen molar-refractivity contribution in [3.63, 3.8) is 0 Å². The van der Waals surface area contributed by atoms with Crippen molar-refractivity contribution in [1.29, 1.82) is 5.26 Å². The van der Waals surface area contributed by atoms with Gasteiger partial charge >= 0.3 is 0 Å². The minimum absolute atomic E-state index is 0.205. The molecule has 0 saturated heterocycles. The fourth-order valence-corrected chi connectivity index (χ4v) is 3.15. The highest BCUT2D eigenvalue weighted by Gasteiger charge is 2.36. The van der Waals surface area contributed by atoms with Crippen LogP contribution in [0.15, 0.2) is 46.9 Å². The fourth-order valence-electron chi connectivity index (χ4n) is 2.79. The maximum absolute atomic E-state index is 12.4. The van der Waals surface area contributed by atoms with Gasteiger partial charge in [-0.3, -0.25) is 24.1 Å². The number of benzene rings is 2. The highest BCUT2D eigenvalue weighted by molar-refractivity contribution is 9.10. The van der Waals surface area contributed by atoms with Crippen LogP contribution in [0.2, 0.25) is 0 Å². The molecule has 1 aliphatic heterocycles. The maximum atomic E-state index is 12.4. The van der Waals surface area contributed by atoms with Gasteiger partial charge in [0.2, 0.25) is 11.8 Å². The van der Waals surface area contributed by atoms with Crippen molar-refractivity contribution in [2.75, 3.05) is 11.9 Å². The number of fused-ring (bicyclic) bond motifs is 1. The van der Waals surface area contributed by atoms with Crippen LogP contribution in [0.3, 0.4) is 0 Å². The molecule has 0 fully saturated rings. The molecule has 3 rings (SSSR count). The van der Waals surface area contributed by atoms with E-state index >= 15 is 0 Å². The van der Waals surface area contributed by atoms with E-state index in [1.807, 2.05) is 0 Å². The fraction of sp³-hybridized carbons (Fsp3) is 0.150. The summed E-state index contributed by atoms with van der Waals surface area (Å²) in [6.07, 6.45) is -0.205. The number of carbonyl (C=O) groups excluding carboxylic acids is 4. The second kappa shape index (κ2) is 8.67. The molecule has 9 heteroatoms. The highest BCUT2D eigenvalue weighted by atomic mass is 79.9. The molecule has 0 saturated carbocycles. The topological polar surface area (TPSA) is 119 Å². The largest absolute Gasteiger partial charge is 0.351 e. The molecule has 29 heavy (non-hydrogen) atoms. The lowest BCUT2D eigenvalue weighted by Crippen LogP contribution is -2.37. The van der Waals surface area contributed by atoms with Crippen LogP contribution in [-0.2, 0) is 16.1 Å². The van der Waals surface area contributed by atoms with Crippen molar-refractivity contribution in [3.8, 4) is 6.07 Å². The Morgan fingerprint density at radius 2 is 1.69 bits per heavy atom. The van der Waals surface area contributed by atoms with E-state index in [2.05, 4.69) is 26.6 Å². The van der Waals surface area contributed by atoms with Gasteiger partial charge in [0.25, 0.3) is 11.8 Å². The molecule has 0 spiro atoms. The van der Waals surface area contributed by atoms with E-state index in [0.717, 1.165) is 10.5 Å². The Morgan fingerprint density at radius 1 is 1.00 bits per heavy atom. The molecule has 0 aromatic heterocycles. The lowest BCUT2D eigenvalue weighted by Gasteiger charge is -2.14. The first-order valence-corrected chi connectivity index (χ1v) is 9.36. The Labute approximate surface area is 174 Å². The van der Waals surface area contributed by atoms with Gasteiger partial charge in [-0.1, -0.05) is 28.1 Å². The van der Waals surface area contributed by atoms with E-state index in [-0.39, 0.29) is 30.0 Å². The SMILES string of the molecule is N#CCC(=O)NCc1ccc(NC(=O)CN2C(=O)c3ccc(Br)cc3C2=O)cc1. The normalized spacial score (nSPS) is 12.3. The van der Waals surface area contributed by atoms with Crippen molar-refractivity contribution < 1.29 is 19.2 Å². The number of carbonyl (C=O) groups is 4. The van der Waals surface area contributed by atoms with Gasteiger partial charge in [0, 0.05) is 16.7 Å². The summed E-state index contributed by atoms with van der Waals surface area (Å²) >= 11 is 3.26. The van der Waals surface area contributed by atoms with Gasteiger partial charge in [-0.25, -0.2) is 0 Å². The molecule has 0 bridgehead atoms. The number of rotatable bonds is 6. The Balaban J connectivity index is 1.57. The minimum atomic E-state index is -0.509. The van der Waals surface area contributed by atoms with Crippen molar-refractivity contribution >= 4 is 45.2 Å². The van der Waals surface area contributed by atoms with Crippen molar-refractivity contribution in [3.05, 3.63) is 63.6 Å². The predicted octanol–water partition coefficient (Wildman–Crippen LogP) is 2.21. The molecule has 2 N–H and O–H groups in total. The van der Waals surface area contributed by atoms with Crippen LogP contribution in [0.1, 0.15) is 32.7 Å². The zero-order chi connectivity index (χ0) is 21.0. The van der Waals surface area contributed by atoms with Gasteiger partial charge in [0.15, 0.2) is 0 Å². The summed E-state index contributed by atoms with van der Waals surface area (Å²) < 4.78 is 0.674. The third kappa shape index (κ3) is 4.67. The molecular weight excluding hydrogens is 440 g/mol. The second-order valence-electron chi connectivity index (χ2n) is 6.24. The molecule has 0 unspecified atom stereocenters. The molecular formula is C20H15BrN4O4. The highest BCUT2D eigenvalue weighted by Crippen LogP contribution is 2.25. The number of anilines is 1. The van der Waals surface area contributed by atoms with Crippen LogP contribution in [0.4, 0.5) is 5.69 Å². The molecule has 146 valence electrons. The summed E-state index contributed by atoms with van der Waals surface area (Å²) in [5, 5.41) is 13.7. The van der Waals surface area contributed by atoms with Gasteiger partial charge in [-0.15, -0.1) is 0 Å². The molecule has 1 aliphatic rings. The van der Waals surface area contributed by atoms with Gasteiger partial charge in [0.05, 0.1) is 17.2 Å². The molecule has 2 aromatic rings. The van der Waals surface area contributed by atoms with E-state index in [1.165, 1.54) is 0 Å². The zero-order valence-corrected chi connectivity index (χ0v) is 16.7. The summed E-state index contributed by atoms with van der Waals surface area (Å²) in [5.41, 5.74) is 1.82. The van der Waals surface area contributed by atoms with Gasteiger partial charge in [-0.05, 0) is 35.9 Å². The number of nitriles is 1. The Morgan fingerprint density at radius 3 is 2.38 bits per heavy atom. The Bertz CT molecular complexity index is 1040. The zero-order valence-electron chi connectivity index (χ0n) is 15.1. The number of hydrogen-bond donors (Lipinski definition) is 2. The van der Waals surface area contributed by atoms with E-state index in [0.29, 0.717) is 10.2 Å². The smallest absolute Gasteiger partial charge is 0.262 e.